The summed E-state index contributed by atoms with van der Waals surface area (Å²) < 4.78 is 16.4. The lowest BCUT2D eigenvalue weighted by Crippen LogP contribution is -2.49. The molecule has 0 spiro atoms. The predicted octanol–water partition coefficient (Wildman–Crippen LogP) is 4.94. The van der Waals surface area contributed by atoms with Gasteiger partial charge in [0.2, 0.25) is 0 Å². The molecule has 2 aromatic heterocycles. The number of rotatable bonds is 4. The van der Waals surface area contributed by atoms with E-state index >= 15 is 0 Å². The van der Waals surface area contributed by atoms with Crippen molar-refractivity contribution in [2.45, 2.75) is 95.4 Å². The van der Waals surface area contributed by atoms with Gasteiger partial charge in [0.15, 0.2) is 0 Å². The van der Waals surface area contributed by atoms with Crippen molar-refractivity contribution in [2.75, 3.05) is 32.8 Å². The van der Waals surface area contributed by atoms with Crippen LogP contribution in [-0.4, -0.2) is 92.5 Å². The number of nitrogens with zero attached hydrogens (tertiary/aromatic N) is 4. The highest BCUT2D eigenvalue weighted by Crippen LogP contribution is 2.44. The molecule has 3 fully saturated rings. The Morgan fingerprint density at radius 2 is 1.32 bits per heavy atom. The third-order valence-electron chi connectivity index (χ3n) is 8.03. The molecule has 0 aliphatic carbocycles. The van der Waals surface area contributed by atoms with Crippen molar-refractivity contribution >= 4 is 12.2 Å². The van der Waals surface area contributed by atoms with Crippen molar-refractivity contribution < 1.29 is 23.8 Å². The predicted molar refractivity (Wildman–Crippen MR) is 155 cm³/mol. The number of H-pyrrole nitrogens is 2. The largest absolute Gasteiger partial charge is 0.444 e. The fraction of sp³-hybridized carbons (Fsp3) is 0.667. The molecular formula is C30H46N6O5. The molecule has 2 amide bonds. The van der Waals surface area contributed by atoms with Gasteiger partial charge in [0.1, 0.15) is 11.2 Å². The lowest BCUT2D eigenvalue weighted by molar-refractivity contribution is 0.0141. The number of carbonyl (C=O) groups is 2. The van der Waals surface area contributed by atoms with Crippen LogP contribution in [0, 0.1) is 0 Å². The molecule has 5 heterocycles. The van der Waals surface area contributed by atoms with E-state index < -0.39 is 11.2 Å². The molecule has 226 valence electrons. The molecular weight excluding hydrogens is 524 g/mol. The summed E-state index contributed by atoms with van der Waals surface area (Å²) in [6, 6.07) is 4.00. The van der Waals surface area contributed by atoms with Crippen LogP contribution in [0.5, 0.6) is 0 Å². The van der Waals surface area contributed by atoms with Gasteiger partial charge in [-0.2, -0.15) is 10.2 Å². The number of nitrogens with one attached hydrogen (secondary N) is 2. The standard InChI is InChI=1S/C15H23N3O3.C15H23N3O2/c1-14(2,3)21-13(19)18-8-5-15(6-9-18,12-10-20-12)11-4-7-16-17-11;1-5-15(12-6-9-16-17-12)7-10-18(11-8-15)13(19)20-14(2,3)4/h4,7,12H,5-6,8-10H2,1-3H3,(H,16,17);5-6,9H,1,7-8,10-11H2,2-4H3,(H,16,17). The average molecular weight is 571 g/mol. The highest BCUT2D eigenvalue weighted by molar-refractivity contribution is 5.68. The van der Waals surface area contributed by atoms with E-state index in [1.807, 2.05) is 59.8 Å². The number of ether oxygens (including phenoxy) is 3. The van der Waals surface area contributed by atoms with Crippen molar-refractivity contribution in [2.24, 2.45) is 0 Å². The molecule has 2 N–H and O–H groups in total. The number of allylic oxidation sites excluding steroid dienone is 1. The van der Waals surface area contributed by atoms with Crippen molar-refractivity contribution in [3.63, 3.8) is 0 Å². The van der Waals surface area contributed by atoms with Gasteiger partial charge in [0, 0.05) is 60.8 Å². The van der Waals surface area contributed by atoms with Crippen LogP contribution < -0.4 is 0 Å². The molecule has 5 rings (SSSR count). The Morgan fingerprint density at radius 3 is 1.68 bits per heavy atom. The maximum absolute atomic E-state index is 12.1. The van der Waals surface area contributed by atoms with Crippen LogP contribution in [0.2, 0.25) is 0 Å². The molecule has 1 atom stereocenters. The first-order valence-corrected chi connectivity index (χ1v) is 14.5. The minimum atomic E-state index is -0.451. The lowest BCUT2D eigenvalue weighted by Gasteiger charge is -2.40. The van der Waals surface area contributed by atoms with Crippen LogP contribution >= 0.6 is 0 Å². The van der Waals surface area contributed by atoms with Gasteiger partial charge in [0.05, 0.1) is 12.7 Å². The molecule has 11 heteroatoms. The monoisotopic (exact) mass is 570 g/mol. The van der Waals surface area contributed by atoms with Gasteiger partial charge in [0.25, 0.3) is 0 Å². The minimum absolute atomic E-state index is 0.0327. The van der Waals surface area contributed by atoms with E-state index in [1.54, 1.807) is 22.2 Å². The van der Waals surface area contributed by atoms with Gasteiger partial charge in [-0.1, -0.05) is 6.08 Å². The fourth-order valence-electron chi connectivity index (χ4n) is 5.61. The van der Waals surface area contributed by atoms with Crippen LogP contribution in [-0.2, 0) is 25.0 Å². The number of hydrogen-bond acceptors (Lipinski definition) is 7. The zero-order valence-corrected chi connectivity index (χ0v) is 25.4. The second kappa shape index (κ2) is 11.9. The summed E-state index contributed by atoms with van der Waals surface area (Å²) >= 11 is 0. The Labute approximate surface area is 243 Å². The van der Waals surface area contributed by atoms with Crippen LogP contribution in [0.3, 0.4) is 0 Å². The summed E-state index contributed by atoms with van der Waals surface area (Å²) in [4.78, 5) is 27.8. The van der Waals surface area contributed by atoms with Crippen molar-refractivity contribution in [3.05, 3.63) is 48.6 Å². The summed E-state index contributed by atoms with van der Waals surface area (Å²) in [5, 5.41) is 14.2. The SMILES string of the molecule is C=CC1(c2ccn[nH]2)CCN(C(=O)OC(C)(C)C)CC1.CC(C)(C)OC(=O)N1CCC(c2ccn[nH]2)(C2CO2)CC1. The molecule has 0 radical (unpaired) electrons. The second-order valence-corrected chi connectivity index (χ2v) is 13.2. The van der Waals surface area contributed by atoms with E-state index in [1.165, 1.54) is 0 Å². The lowest BCUT2D eigenvalue weighted by atomic mass is 9.73. The van der Waals surface area contributed by atoms with Gasteiger partial charge >= 0.3 is 12.2 Å². The summed E-state index contributed by atoms with van der Waals surface area (Å²) in [6.45, 7) is 18.8. The molecule has 0 bridgehead atoms. The molecule has 41 heavy (non-hydrogen) atoms. The van der Waals surface area contributed by atoms with Gasteiger partial charge in [-0.3, -0.25) is 10.2 Å². The number of piperidine rings is 2. The van der Waals surface area contributed by atoms with Gasteiger partial charge < -0.3 is 24.0 Å². The van der Waals surface area contributed by atoms with Gasteiger partial charge in [-0.05, 0) is 79.4 Å². The summed E-state index contributed by atoms with van der Waals surface area (Å²) in [5.41, 5.74) is 1.14. The Balaban J connectivity index is 0.000000189. The maximum Gasteiger partial charge on any atom is 0.410 e. The number of aromatic nitrogens is 4. The highest BCUT2D eigenvalue weighted by Gasteiger charge is 2.51. The van der Waals surface area contributed by atoms with Crippen molar-refractivity contribution in [3.8, 4) is 0 Å². The van der Waals surface area contributed by atoms with Crippen LogP contribution in [0.1, 0.15) is 78.6 Å². The first-order chi connectivity index (χ1) is 19.3. The summed E-state index contributed by atoms with van der Waals surface area (Å²) in [6.07, 6.45) is 8.69. The molecule has 3 saturated heterocycles. The van der Waals surface area contributed by atoms with Crippen molar-refractivity contribution in [1.82, 2.24) is 30.2 Å². The van der Waals surface area contributed by atoms with E-state index in [4.69, 9.17) is 14.2 Å². The molecule has 3 aliphatic rings. The summed E-state index contributed by atoms with van der Waals surface area (Å²) in [5.74, 6) is 0. The topological polar surface area (TPSA) is 129 Å². The minimum Gasteiger partial charge on any atom is -0.444 e. The third kappa shape index (κ3) is 7.49. The molecule has 0 saturated carbocycles. The van der Waals surface area contributed by atoms with E-state index in [9.17, 15) is 9.59 Å². The van der Waals surface area contributed by atoms with Gasteiger partial charge in [-0.15, -0.1) is 6.58 Å². The number of carbonyl (C=O) groups excluding carboxylic acids is 2. The zero-order chi connectivity index (χ0) is 29.9. The van der Waals surface area contributed by atoms with Crippen LogP contribution in [0.4, 0.5) is 9.59 Å². The van der Waals surface area contributed by atoms with Crippen molar-refractivity contribution in [1.29, 1.82) is 0 Å². The Hall–Kier alpha value is -3.34. The molecule has 3 aliphatic heterocycles. The van der Waals surface area contributed by atoms with E-state index in [0.717, 1.165) is 43.7 Å². The number of amides is 2. The highest BCUT2D eigenvalue weighted by atomic mass is 16.6. The van der Waals surface area contributed by atoms with Crippen LogP contribution in [0.15, 0.2) is 37.2 Å². The maximum atomic E-state index is 12.1. The Morgan fingerprint density at radius 1 is 0.878 bits per heavy atom. The first-order valence-electron chi connectivity index (χ1n) is 14.5. The first kappa shape index (κ1) is 30.6. The summed E-state index contributed by atoms with van der Waals surface area (Å²) in [7, 11) is 0. The number of likely N-dealkylation sites (tertiary alicyclic amines) is 2. The van der Waals surface area contributed by atoms with Crippen LogP contribution in [0.25, 0.3) is 0 Å². The molecule has 2 aromatic rings. The Kier molecular flexibility index (Phi) is 8.87. The fourth-order valence-corrected chi connectivity index (χ4v) is 5.61. The number of hydrogen-bond donors (Lipinski definition) is 2. The third-order valence-corrected chi connectivity index (χ3v) is 8.03. The normalized spacial score (nSPS) is 21.8. The molecule has 0 aromatic carbocycles. The average Bonchev–Trinajstić information content (AvgIpc) is 3.36. The number of aromatic amines is 2. The zero-order valence-electron chi connectivity index (χ0n) is 25.4. The molecule has 1 unspecified atom stereocenters. The Bertz CT molecular complexity index is 1150. The van der Waals surface area contributed by atoms with E-state index in [2.05, 4.69) is 27.0 Å². The second-order valence-electron chi connectivity index (χ2n) is 13.2. The van der Waals surface area contributed by atoms with Gasteiger partial charge in [-0.25, -0.2) is 9.59 Å². The quantitative estimate of drug-likeness (QED) is 0.393. The smallest absolute Gasteiger partial charge is 0.410 e. The van der Waals surface area contributed by atoms with E-state index in [0.29, 0.717) is 26.2 Å². The molecule has 11 nitrogen and oxygen atoms in total. The van der Waals surface area contributed by atoms with E-state index in [-0.39, 0.29) is 29.1 Å². The number of epoxide rings is 1.